The first kappa shape index (κ1) is 14.2. The van der Waals surface area contributed by atoms with Crippen LogP contribution >= 0.6 is 12.6 Å². The number of likely N-dealkylation sites (N-methyl/N-ethyl adjacent to an activating group) is 1. The van der Waals surface area contributed by atoms with Gasteiger partial charge in [0.1, 0.15) is 6.04 Å². The molecule has 0 heterocycles. The van der Waals surface area contributed by atoms with Crippen molar-refractivity contribution in [2.75, 3.05) is 33.1 Å². The van der Waals surface area contributed by atoms with Gasteiger partial charge in [0.15, 0.2) is 0 Å². The van der Waals surface area contributed by atoms with Gasteiger partial charge in [-0.2, -0.15) is 12.6 Å². The fourth-order valence-electron chi connectivity index (χ4n) is 1.04. The summed E-state index contributed by atoms with van der Waals surface area (Å²) in [5.41, 5.74) is 0. The van der Waals surface area contributed by atoms with E-state index in [-0.39, 0.29) is 17.6 Å². The quantitative estimate of drug-likeness (QED) is 0.611. The topological polar surface area (TPSA) is 58.6 Å². The van der Waals surface area contributed by atoms with Gasteiger partial charge >= 0.3 is 0 Å². The second-order valence-corrected chi connectivity index (χ2v) is 3.55. The molecule has 0 saturated heterocycles. The van der Waals surface area contributed by atoms with E-state index in [9.17, 15) is 9.59 Å². The first-order valence-corrected chi connectivity index (χ1v) is 5.28. The highest BCUT2D eigenvalue weighted by molar-refractivity contribution is 7.80. The molecule has 0 aromatic heterocycles. The zero-order valence-corrected chi connectivity index (χ0v) is 10.2. The number of hydrogen-bond acceptors (Lipinski definition) is 4. The van der Waals surface area contributed by atoms with Crippen molar-refractivity contribution in [1.82, 2.24) is 10.2 Å². The van der Waals surface area contributed by atoms with Crippen molar-refractivity contribution in [1.29, 1.82) is 0 Å². The number of rotatable bonds is 6. The summed E-state index contributed by atoms with van der Waals surface area (Å²) in [7, 11) is 3.24. The van der Waals surface area contributed by atoms with Gasteiger partial charge in [-0.1, -0.05) is 0 Å². The van der Waals surface area contributed by atoms with E-state index in [1.54, 1.807) is 14.2 Å². The minimum absolute atomic E-state index is 0.155. The molecular weight excluding hydrogens is 216 g/mol. The molecule has 0 aliphatic heterocycles. The Kier molecular flexibility index (Phi) is 7.15. The normalized spacial score (nSPS) is 12.0. The molecule has 0 rings (SSSR count). The molecule has 0 bridgehead atoms. The Bertz CT molecular complexity index is 223. The molecule has 15 heavy (non-hydrogen) atoms. The van der Waals surface area contributed by atoms with Crippen LogP contribution in [-0.4, -0.2) is 55.8 Å². The Morgan fingerprint density at radius 2 is 2.13 bits per heavy atom. The SMILES string of the molecule is COCCN(C)C(=O)C(CS)NC(C)=O. The van der Waals surface area contributed by atoms with Crippen molar-refractivity contribution in [3.8, 4) is 0 Å². The third-order valence-corrected chi connectivity index (χ3v) is 2.23. The van der Waals surface area contributed by atoms with Gasteiger partial charge in [0.2, 0.25) is 11.8 Å². The number of carbonyl (C=O) groups excluding carboxylic acids is 2. The molecule has 0 saturated carbocycles. The second kappa shape index (κ2) is 7.53. The first-order chi connectivity index (χ1) is 7.02. The third kappa shape index (κ3) is 5.64. The Morgan fingerprint density at radius 3 is 2.53 bits per heavy atom. The highest BCUT2D eigenvalue weighted by Gasteiger charge is 2.20. The zero-order valence-electron chi connectivity index (χ0n) is 9.32. The van der Waals surface area contributed by atoms with Crippen molar-refractivity contribution in [3.05, 3.63) is 0 Å². The Morgan fingerprint density at radius 1 is 1.53 bits per heavy atom. The van der Waals surface area contributed by atoms with Crippen LogP contribution in [0.4, 0.5) is 0 Å². The number of hydrogen-bond donors (Lipinski definition) is 2. The average Bonchev–Trinajstić information content (AvgIpc) is 2.21. The Labute approximate surface area is 95.6 Å². The predicted molar refractivity (Wildman–Crippen MR) is 61.0 cm³/mol. The summed E-state index contributed by atoms with van der Waals surface area (Å²) in [6, 6.07) is -0.562. The lowest BCUT2D eigenvalue weighted by Crippen LogP contribution is -2.48. The molecule has 5 nitrogen and oxygen atoms in total. The third-order valence-electron chi connectivity index (χ3n) is 1.87. The van der Waals surface area contributed by atoms with E-state index >= 15 is 0 Å². The maximum Gasteiger partial charge on any atom is 0.245 e. The molecule has 1 atom stereocenters. The summed E-state index contributed by atoms with van der Waals surface area (Å²) in [4.78, 5) is 24.1. The average molecular weight is 234 g/mol. The summed E-state index contributed by atoms with van der Waals surface area (Å²) < 4.78 is 4.86. The monoisotopic (exact) mass is 234 g/mol. The van der Waals surface area contributed by atoms with Gasteiger partial charge in [-0.05, 0) is 0 Å². The summed E-state index contributed by atoms with van der Waals surface area (Å²) in [6.07, 6.45) is 0. The minimum Gasteiger partial charge on any atom is -0.383 e. The fraction of sp³-hybridized carbons (Fsp3) is 0.778. The van der Waals surface area contributed by atoms with Crippen molar-refractivity contribution < 1.29 is 14.3 Å². The number of thiol groups is 1. The van der Waals surface area contributed by atoms with Crippen LogP contribution in [0.5, 0.6) is 0 Å². The summed E-state index contributed by atoms with van der Waals surface area (Å²) >= 11 is 4.02. The van der Waals surface area contributed by atoms with E-state index in [0.717, 1.165) is 0 Å². The Hall–Kier alpha value is -0.750. The van der Waals surface area contributed by atoms with Crippen molar-refractivity contribution in [3.63, 3.8) is 0 Å². The molecule has 0 aromatic carbocycles. The van der Waals surface area contributed by atoms with E-state index in [1.807, 2.05) is 0 Å². The largest absolute Gasteiger partial charge is 0.383 e. The van der Waals surface area contributed by atoms with Crippen LogP contribution in [0.15, 0.2) is 0 Å². The number of nitrogens with one attached hydrogen (secondary N) is 1. The fourth-order valence-corrected chi connectivity index (χ4v) is 1.28. The summed E-state index contributed by atoms with van der Waals surface area (Å²) in [5.74, 6) is -0.102. The molecule has 0 radical (unpaired) electrons. The van der Waals surface area contributed by atoms with Crippen LogP contribution in [0.1, 0.15) is 6.92 Å². The van der Waals surface area contributed by atoms with E-state index < -0.39 is 6.04 Å². The van der Waals surface area contributed by atoms with E-state index in [0.29, 0.717) is 13.2 Å². The van der Waals surface area contributed by atoms with E-state index in [2.05, 4.69) is 17.9 Å². The van der Waals surface area contributed by atoms with Crippen molar-refractivity contribution in [2.24, 2.45) is 0 Å². The van der Waals surface area contributed by atoms with E-state index in [4.69, 9.17) is 4.74 Å². The maximum absolute atomic E-state index is 11.7. The molecule has 0 aliphatic carbocycles. The molecule has 1 N–H and O–H groups in total. The number of ether oxygens (including phenoxy) is 1. The second-order valence-electron chi connectivity index (χ2n) is 3.19. The Balaban J connectivity index is 4.17. The molecule has 2 amide bonds. The van der Waals surface area contributed by atoms with Gasteiger partial charge < -0.3 is 15.0 Å². The molecular formula is C9H18N2O3S. The number of methoxy groups -OCH3 is 1. The van der Waals surface area contributed by atoms with Crippen LogP contribution in [0, 0.1) is 0 Å². The highest BCUT2D eigenvalue weighted by atomic mass is 32.1. The molecule has 0 aliphatic rings. The lowest BCUT2D eigenvalue weighted by atomic mass is 10.3. The molecule has 0 fully saturated rings. The van der Waals surface area contributed by atoms with Gasteiger partial charge in [0.25, 0.3) is 0 Å². The van der Waals surface area contributed by atoms with Crippen LogP contribution in [0.25, 0.3) is 0 Å². The minimum atomic E-state index is -0.562. The standard InChI is InChI=1S/C9H18N2O3S/c1-7(12)10-8(6-15)9(13)11(2)4-5-14-3/h8,15H,4-6H2,1-3H3,(H,10,12). The number of nitrogens with zero attached hydrogens (tertiary/aromatic N) is 1. The van der Waals surface area contributed by atoms with Gasteiger partial charge in [0, 0.05) is 33.4 Å². The van der Waals surface area contributed by atoms with Crippen LogP contribution < -0.4 is 5.32 Å². The number of amides is 2. The molecule has 0 spiro atoms. The predicted octanol–water partition coefficient (Wildman–Crippen LogP) is -0.474. The van der Waals surface area contributed by atoms with Gasteiger partial charge in [-0.3, -0.25) is 9.59 Å². The smallest absolute Gasteiger partial charge is 0.245 e. The number of carbonyl (C=O) groups is 2. The van der Waals surface area contributed by atoms with Gasteiger partial charge in [0.05, 0.1) is 6.61 Å². The molecule has 88 valence electrons. The zero-order chi connectivity index (χ0) is 11.8. The maximum atomic E-state index is 11.7. The summed E-state index contributed by atoms with van der Waals surface area (Å²) in [6.45, 7) is 2.35. The van der Waals surface area contributed by atoms with Crippen LogP contribution in [-0.2, 0) is 14.3 Å². The van der Waals surface area contributed by atoms with E-state index in [1.165, 1.54) is 11.8 Å². The lowest BCUT2D eigenvalue weighted by molar-refractivity contribution is -0.134. The molecule has 6 heteroatoms. The molecule has 0 aromatic rings. The lowest BCUT2D eigenvalue weighted by Gasteiger charge is -2.22. The molecule has 1 unspecified atom stereocenters. The van der Waals surface area contributed by atoms with Gasteiger partial charge in [-0.15, -0.1) is 0 Å². The van der Waals surface area contributed by atoms with Crippen molar-refractivity contribution >= 4 is 24.4 Å². The summed E-state index contributed by atoms with van der Waals surface area (Å²) in [5, 5.41) is 2.54. The van der Waals surface area contributed by atoms with Crippen LogP contribution in [0.2, 0.25) is 0 Å². The van der Waals surface area contributed by atoms with Crippen LogP contribution in [0.3, 0.4) is 0 Å². The van der Waals surface area contributed by atoms with Crippen molar-refractivity contribution in [2.45, 2.75) is 13.0 Å². The van der Waals surface area contributed by atoms with Gasteiger partial charge in [-0.25, -0.2) is 0 Å². The highest BCUT2D eigenvalue weighted by Crippen LogP contribution is 1.95. The first-order valence-electron chi connectivity index (χ1n) is 4.64.